The first kappa shape index (κ1) is 12.8. The molecule has 0 spiro atoms. The van der Waals surface area contributed by atoms with E-state index in [0.29, 0.717) is 10.8 Å². The van der Waals surface area contributed by atoms with Crippen LogP contribution in [-0.4, -0.2) is 0 Å². The molecule has 0 N–H and O–H groups in total. The van der Waals surface area contributed by atoms with Crippen LogP contribution in [-0.2, 0) is 0 Å². The first-order chi connectivity index (χ1) is 8.47. The van der Waals surface area contributed by atoms with Gasteiger partial charge in [-0.1, -0.05) is 59.1 Å². The summed E-state index contributed by atoms with van der Waals surface area (Å²) < 4.78 is 0. The van der Waals surface area contributed by atoms with Crippen molar-refractivity contribution in [2.24, 2.45) is 34.5 Å². The molecular formula is C18H30. The van der Waals surface area contributed by atoms with E-state index in [1.54, 1.807) is 5.57 Å². The van der Waals surface area contributed by atoms with Gasteiger partial charge < -0.3 is 0 Å². The van der Waals surface area contributed by atoms with Gasteiger partial charge in [0.05, 0.1) is 0 Å². The van der Waals surface area contributed by atoms with Gasteiger partial charge in [-0.25, -0.2) is 0 Å². The third kappa shape index (κ3) is 1.57. The molecule has 18 heavy (non-hydrogen) atoms. The number of hydrogen-bond acceptors (Lipinski definition) is 0. The van der Waals surface area contributed by atoms with E-state index in [9.17, 15) is 0 Å². The van der Waals surface area contributed by atoms with Gasteiger partial charge in [-0.2, -0.15) is 0 Å². The molecule has 0 amide bonds. The van der Waals surface area contributed by atoms with Gasteiger partial charge in [-0.3, -0.25) is 0 Å². The van der Waals surface area contributed by atoms with E-state index in [1.807, 2.05) is 0 Å². The molecule has 2 fully saturated rings. The smallest absolute Gasteiger partial charge is 0.00125 e. The van der Waals surface area contributed by atoms with Crippen molar-refractivity contribution in [2.45, 2.75) is 66.7 Å². The quantitative estimate of drug-likeness (QED) is 0.547. The molecule has 0 bridgehead atoms. The molecule has 2 saturated carbocycles. The Bertz CT molecular complexity index is 375. The lowest BCUT2D eigenvalue weighted by Gasteiger charge is -2.36. The van der Waals surface area contributed by atoms with Crippen molar-refractivity contribution in [3.05, 3.63) is 11.6 Å². The average Bonchev–Trinajstić information content (AvgIpc) is 3.05. The Morgan fingerprint density at radius 2 is 2.00 bits per heavy atom. The van der Waals surface area contributed by atoms with Crippen LogP contribution in [0.3, 0.4) is 0 Å². The highest BCUT2D eigenvalue weighted by atomic mass is 14.7. The minimum absolute atomic E-state index is 0.630. The maximum Gasteiger partial charge on any atom is 0.00125 e. The average molecular weight is 246 g/mol. The Balaban J connectivity index is 1.66. The number of allylic oxidation sites excluding steroid dienone is 2. The Morgan fingerprint density at radius 3 is 2.39 bits per heavy atom. The normalized spacial score (nSPS) is 44.7. The number of hydrogen-bond donors (Lipinski definition) is 0. The van der Waals surface area contributed by atoms with Gasteiger partial charge in [0.15, 0.2) is 0 Å². The zero-order valence-electron chi connectivity index (χ0n) is 12.9. The van der Waals surface area contributed by atoms with E-state index in [2.05, 4.69) is 40.7 Å². The van der Waals surface area contributed by atoms with Crippen LogP contribution in [0, 0.1) is 34.5 Å². The maximum atomic E-state index is 2.64. The molecule has 3 aliphatic carbocycles. The van der Waals surface area contributed by atoms with E-state index < -0.39 is 0 Å². The predicted molar refractivity (Wildman–Crippen MR) is 78.4 cm³/mol. The van der Waals surface area contributed by atoms with Gasteiger partial charge >= 0.3 is 0 Å². The fraction of sp³-hybridized carbons (Fsp3) is 0.889. The first-order valence-electron chi connectivity index (χ1n) is 8.18. The van der Waals surface area contributed by atoms with Crippen molar-refractivity contribution in [1.29, 1.82) is 0 Å². The van der Waals surface area contributed by atoms with Gasteiger partial charge in [0, 0.05) is 5.41 Å². The van der Waals surface area contributed by atoms with Gasteiger partial charge in [-0.15, -0.1) is 0 Å². The standard InChI is InChI=1S/C18H30/c1-6-8-13(9-15-12(3)17(15,4)5)16-10-14-11-18(14,16)7-2/h10,12-13,15-16H,6-9,11H2,1-5H3. The molecule has 0 nitrogen and oxygen atoms in total. The van der Waals surface area contributed by atoms with Crippen LogP contribution in [0.15, 0.2) is 11.6 Å². The first-order valence-corrected chi connectivity index (χ1v) is 8.18. The second-order valence-corrected chi connectivity index (χ2v) is 7.91. The molecule has 102 valence electrons. The maximum absolute atomic E-state index is 2.64. The third-order valence-corrected chi connectivity index (χ3v) is 7.02. The molecule has 0 heteroatoms. The zero-order valence-corrected chi connectivity index (χ0v) is 12.9. The van der Waals surface area contributed by atoms with E-state index in [4.69, 9.17) is 0 Å². The highest BCUT2D eigenvalue weighted by molar-refractivity contribution is 5.45. The minimum Gasteiger partial charge on any atom is -0.0804 e. The molecule has 0 aromatic rings. The van der Waals surface area contributed by atoms with Crippen molar-refractivity contribution < 1.29 is 0 Å². The number of rotatable bonds is 6. The van der Waals surface area contributed by atoms with Crippen molar-refractivity contribution in [3.63, 3.8) is 0 Å². The van der Waals surface area contributed by atoms with Crippen LogP contribution in [0.4, 0.5) is 0 Å². The topological polar surface area (TPSA) is 0 Å². The van der Waals surface area contributed by atoms with Gasteiger partial charge in [0.1, 0.15) is 0 Å². The second-order valence-electron chi connectivity index (χ2n) is 7.91. The Kier molecular flexibility index (Phi) is 2.74. The second kappa shape index (κ2) is 3.87. The molecule has 0 saturated heterocycles. The van der Waals surface area contributed by atoms with Crippen molar-refractivity contribution in [2.75, 3.05) is 0 Å². The Labute approximate surface area is 113 Å². The van der Waals surface area contributed by atoms with Crippen LogP contribution < -0.4 is 0 Å². The molecule has 0 heterocycles. The monoisotopic (exact) mass is 246 g/mol. The summed E-state index contributed by atoms with van der Waals surface area (Å²) in [7, 11) is 0. The van der Waals surface area contributed by atoms with Crippen molar-refractivity contribution in [1.82, 2.24) is 0 Å². The summed E-state index contributed by atoms with van der Waals surface area (Å²) in [5.41, 5.74) is 3.15. The lowest BCUT2D eigenvalue weighted by atomic mass is 9.68. The van der Waals surface area contributed by atoms with E-state index in [0.717, 1.165) is 23.7 Å². The molecule has 0 aliphatic heterocycles. The van der Waals surface area contributed by atoms with Crippen LogP contribution >= 0.6 is 0 Å². The van der Waals surface area contributed by atoms with Crippen molar-refractivity contribution >= 4 is 0 Å². The minimum atomic E-state index is 0.630. The van der Waals surface area contributed by atoms with Gasteiger partial charge in [-0.05, 0) is 48.3 Å². The highest BCUT2D eigenvalue weighted by Crippen LogP contribution is 2.72. The zero-order chi connectivity index (χ0) is 13.1. The summed E-state index contributed by atoms with van der Waals surface area (Å²) in [6, 6.07) is 0. The molecule has 5 atom stereocenters. The molecule has 3 rings (SSSR count). The van der Waals surface area contributed by atoms with Crippen LogP contribution in [0.2, 0.25) is 0 Å². The van der Waals surface area contributed by atoms with E-state index in [1.165, 1.54) is 32.1 Å². The fourth-order valence-corrected chi connectivity index (χ4v) is 4.97. The van der Waals surface area contributed by atoms with Gasteiger partial charge in [0.25, 0.3) is 0 Å². The summed E-state index contributed by atoms with van der Waals surface area (Å²) in [6.07, 6.45) is 9.80. The Hall–Kier alpha value is -0.260. The summed E-state index contributed by atoms with van der Waals surface area (Å²) in [5.74, 6) is 3.88. The van der Waals surface area contributed by atoms with E-state index in [-0.39, 0.29) is 0 Å². The summed E-state index contributed by atoms with van der Waals surface area (Å²) in [5, 5.41) is 0. The highest BCUT2D eigenvalue weighted by Gasteiger charge is 2.62. The third-order valence-electron chi connectivity index (χ3n) is 7.02. The van der Waals surface area contributed by atoms with Crippen LogP contribution in [0.5, 0.6) is 0 Å². The molecular weight excluding hydrogens is 216 g/mol. The molecule has 5 unspecified atom stereocenters. The summed E-state index contributed by atoms with van der Waals surface area (Å²) in [6.45, 7) is 12.2. The predicted octanol–water partition coefficient (Wildman–Crippen LogP) is 5.44. The van der Waals surface area contributed by atoms with E-state index >= 15 is 0 Å². The van der Waals surface area contributed by atoms with Crippen LogP contribution in [0.1, 0.15) is 66.7 Å². The molecule has 0 radical (unpaired) electrons. The fourth-order valence-electron chi connectivity index (χ4n) is 4.97. The van der Waals surface area contributed by atoms with Crippen LogP contribution in [0.25, 0.3) is 0 Å². The van der Waals surface area contributed by atoms with Crippen molar-refractivity contribution in [3.8, 4) is 0 Å². The largest absolute Gasteiger partial charge is 0.0804 e. The number of fused-ring (bicyclic) bond motifs is 1. The van der Waals surface area contributed by atoms with Gasteiger partial charge in [0.2, 0.25) is 0 Å². The molecule has 0 aromatic carbocycles. The SMILES string of the molecule is CCCC(CC1C(C)C1(C)C)C1C=C2CC21CC. The summed E-state index contributed by atoms with van der Waals surface area (Å²) >= 11 is 0. The lowest BCUT2D eigenvalue weighted by molar-refractivity contribution is 0.203. The summed E-state index contributed by atoms with van der Waals surface area (Å²) in [4.78, 5) is 0. The molecule has 3 aliphatic rings. The Morgan fingerprint density at radius 1 is 1.33 bits per heavy atom. The lowest BCUT2D eigenvalue weighted by Crippen LogP contribution is -2.29. The molecule has 0 aromatic heterocycles.